The summed E-state index contributed by atoms with van der Waals surface area (Å²) in [6.07, 6.45) is 1.63. The average Bonchev–Trinajstić information content (AvgIpc) is 3.09. The van der Waals surface area contributed by atoms with Crippen LogP contribution in [0.5, 0.6) is 0 Å². The number of nitrogens with one attached hydrogen (secondary N) is 2. The second-order valence-electron chi connectivity index (χ2n) is 11.6. The van der Waals surface area contributed by atoms with E-state index in [1.165, 1.54) is 0 Å². The molecule has 0 spiro atoms. The molecule has 240 valence electrons. The Kier molecular flexibility index (Phi) is 12.1. The van der Waals surface area contributed by atoms with Crippen LogP contribution in [0.4, 0.5) is 0 Å². The van der Waals surface area contributed by atoms with Crippen molar-refractivity contribution >= 4 is 11.8 Å². The number of unbranched alkanes of at least 4 members (excludes halogenated alkanes) is 1. The van der Waals surface area contributed by atoms with Crippen molar-refractivity contribution in [3.05, 3.63) is 95.1 Å². The number of aliphatic hydroxyl groups is 1. The maximum atomic E-state index is 12.3. The Hall–Kier alpha value is -3.64. The zero-order valence-corrected chi connectivity index (χ0v) is 25.5. The highest BCUT2D eigenvalue weighted by atomic mass is 16.7. The van der Waals surface area contributed by atoms with Crippen molar-refractivity contribution in [2.24, 2.45) is 0 Å². The molecule has 5 rings (SSSR count). The van der Waals surface area contributed by atoms with Crippen molar-refractivity contribution in [3.63, 3.8) is 0 Å². The molecular formula is C35H43N3O7. The molecule has 2 amide bonds. The van der Waals surface area contributed by atoms with Gasteiger partial charge in [0.25, 0.3) is 0 Å². The van der Waals surface area contributed by atoms with Crippen LogP contribution in [0.1, 0.15) is 66.8 Å². The first-order valence-corrected chi connectivity index (χ1v) is 15.7. The Morgan fingerprint density at radius 2 is 1.53 bits per heavy atom. The highest BCUT2D eigenvalue weighted by Gasteiger charge is 2.33. The summed E-state index contributed by atoms with van der Waals surface area (Å²) < 4.78 is 18.7. The van der Waals surface area contributed by atoms with Crippen LogP contribution in [-0.2, 0) is 37.0 Å². The number of aliphatic hydroxyl groups excluding tert-OH is 1. The first kappa shape index (κ1) is 32.7. The lowest BCUT2D eigenvalue weighted by molar-refractivity contribution is -0.253. The fourth-order valence-electron chi connectivity index (χ4n) is 5.75. The first-order chi connectivity index (χ1) is 22.0. The van der Waals surface area contributed by atoms with Crippen LogP contribution in [0.2, 0.25) is 0 Å². The molecule has 2 saturated heterocycles. The maximum absolute atomic E-state index is 12.3. The minimum absolute atomic E-state index is 0.00491. The van der Waals surface area contributed by atoms with E-state index in [1.807, 2.05) is 54.6 Å². The predicted octanol–water partition coefficient (Wildman–Crippen LogP) is 4.41. The lowest BCUT2D eigenvalue weighted by atomic mass is 9.98. The summed E-state index contributed by atoms with van der Waals surface area (Å²) in [4.78, 5) is 25.8. The minimum Gasteiger partial charge on any atom is -0.392 e. The molecule has 10 heteroatoms. The Morgan fingerprint density at radius 3 is 2.27 bits per heavy atom. The summed E-state index contributed by atoms with van der Waals surface area (Å²) in [6.45, 7) is 4.45. The van der Waals surface area contributed by atoms with Gasteiger partial charge in [0.2, 0.25) is 11.8 Å². The van der Waals surface area contributed by atoms with Crippen LogP contribution in [0.15, 0.2) is 72.8 Å². The number of benzene rings is 3. The van der Waals surface area contributed by atoms with Gasteiger partial charge in [-0.3, -0.25) is 19.7 Å². The van der Waals surface area contributed by atoms with Gasteiger partial charge in [-0.25, -0.2) is 5.48 Å². The Morgan fingerprint density at radius 1 is 0.822 bits per heavy atom. The number of morpholine rings is 1. The van der Waals surface area contributed by atoms with Crippen LogP contribution in [0, 0.1) is 0 Å². The Bertz CT molecular complexity index is 1390. The Labute approximate surface area is 264 Å². The van der Waals surface area contributed by atoms with E-state index in [9.17, 15) is 14.7 Å². The molecule has 0 aromatic heterocycles. The smallest absolute Gasteiger partial charge is 0.243 e. The molecule has 0 aliphatic carbocycles. The summed E-state index contributed by atoms with van der Waals surface area (Å²) in [7, 11) is 0. The lowest BCUT2D eigenvalue weighted by Gasteiger charge is -2.39. The highest BCUT2D eigenvalue weighted by molar-refractivity contribution is 5.76. The number of carbonyl (C=O) groups is 2. The zero-order valence-electron chi connectivity index (χ0n) is 25.5. The van der Waals surface area contributed by atoms with Gasteiger partial charge < -0.3 is 24.6 Å². The molecule has 3 aromatic rings. The fraction of sp³-hybridized carbons (Fsp3) is 0.429. The van der Waals surface area contributed by atoms with E-state index >= 15 is 0 Å². The molecule has 2 aliphatic heterocycles. The van der Waals surface area contributed by atoms with E-state index in [2.05, 4.69) is 28.4 Å². The van der Waals surface area contributed by atoms with E-state index in [1.54, 1.807) is 5.48 Å². The first-order valence-electron chi connectivity index (χ1n) is 15.7. The van der Waals surface area contributed by atoms with Crippen molar-refractivity contribution in [1.82, 2.24) is 15.7 Å². The van der Waals surface area contributed by atoms with Gasteiger partial charge in [0.15, 0.2) is 6.29 Å². The van der Waals surface area contributed by atoms with E-state index in [4.69, 9.17) is 19.4 Å². The molecule has 3 atom stereocenters. The average molecular weight is 618 g/mol. The summed E-state index contributed by atoms with van der Waals surface area (Å²) >= 11 is 0. The number of nitrogens with zero attached hydrogens (tertiary/aromatic N) is 1. The molecule has 2 aliphatic rings. The minimum atomic E-state index is -0.543. The Balaban J connectivity index is 1.26. The number of hydrogen-bond donors (Lipinski definition) is 4. The van der Waals surface area contributed by atoms with E-state index in [0.717, 1.165) is 72.6 Å². The second kappa shape index (κ2) is 16.6. The van der Waals surface area contributed by atoms with Gasteiger partial charge >= 0.3 is 0 Å². The van der Waals surface area contributed by atoms with Gasteiger partial charge in [-0.1, -0.05) is 60.7 Å². The van der Waals surface area contributed by atoms with Crippen LogP contribution < -0.4 is 10.8 Å². The summed E-state index contributed by atoms with van der Waals surface area (Å²) in [6, 6.07) is 24.2. The normalized spacial score (nSPS) is 20.4. The van der Waals surface area contributed by atoms with E-state index < -0.39 is 12.2 Å². The molecule has 2 fully saturated rings. The molecule has 4 N–H and O–H groups in total. The van der Waals surface area contributed by atoms with Crippen LogP contribution >= 0.6 is 0 Å². The van der Waals surface area contributed by atoms with Crippen LogP contribution in [0.25, 0.3) is 11.1 Å². The molecule has 0 unspecified atom stereocenters. The summed E-state index contributed by atoms with van der Waals surface area (Å²) in [5.74, 6) is -0.523. The molecule has 45 heavy (non-hydrogen) atoms. The number of amides is 2. The topological polar surface area (TPSA) is 130 Å². The van der Waals surface area contributed by atoms with Crippen molar-refractivity contribution < 1.29 is 34.1 Å². The van der Waals surface area contributed by atoms with Crippen molar-refractivity contribution in [3.8, 4) is 11.1 Å². The number of rotatable bonds is 13. The maximum Gasteiger partial charge on any atom is 0.243 e. The van der Waals surface area contributed by atoms with Gasteiger partial charge in [-0.05, 0) is 52.8 Å². The molecule has 0 saturated carbocycles. The van der Waals surface area contributed by atoms with Gasteiger partial charge in [0.05, 0.1) is 32.0 Å². The highest BCUT2D eigenvalue weighted by Crippen LogP contribution is 2.39. The quantitative estimate of drug-likeness (QED) is 0.126. The summed E-state index contributed by atoms with van der Waals surface area (Å²) in [5.41, 5.74) is 7.50. The van der Waals surface area contributed by atoms with Crippen LogP contribution in [0.3, 0.4) is 0 Å². The van der Waals surface area contributed by atoms with E-state index in [-0.39, 0.29) is 31.1 Å². The molecule has 0 bridgehead atoms. The van der Waals surface area contributed by atoms with Crippen molar-refractivity contribution in [2.75, 3.05) is 32.8 Å². The molecule has 10 nitrogen and oxygen atoms in total. The zero-order chi connectivity index (χ0) is 31.4. The lowest BCUT2D eigenvalue weighted by Crippen LogP contribution is -2.44. The monoisotopic (exact) mass is 617 g/mol. The number of hydrogen-bond acceptors (Lipinski definition) is 8. The van der Waals surface area contributed by atoms with Crippen LogP contribution in [-0.4, -0.2) is 66.0 Å². The third-order valence-corrected chi connectivity index (χ3v) is 8.27. The van der Waals surface area contributed by atoms with Gasteiger partial charge in [-0.15, -0.1) is 0 Å². The van der Waals surface area contributed by atoms with Gasteiger partial charge in [0, 0.05) is 51.0 Å². The standard InChI is InChI=1S/C35H43N3O7/c39-24-25-11-13-27(14-12-25)32-21-31(23-38-15-17-43-18-16-38)44-35(45-32)30-8-4-7-29(20-30)28-6-3-5-26(19-28)22-36-33(40)9-1-2-10-34(41)37-42/h3-8,11-14,19-20,31-32,35,39,42H,1-2,9-10,15-18,21-24H2,(H,36,40)(H,37,41)/t31-,32+,35+/m1/s1. The number of carbonyl (C=O) groups excluding carboxylic acids is 2. The molecule has 3 aromatic carbocycles. The van der Waals surface area contributed by atoms with Gasteiger partial charge in [-0.2, -0.15) is 0 Å². The summed E-state index contributed by atoms with van der Waals surface area (Å²) in [5, 5.41) is 21.0. The van der Waals surface area contributed by atoms with Crippen molar-refractivity contribution in [2.45, 2.75) is 63.8 Å². The third kappa shape index (κ3) is 9.67. The molecule has 2 heterocycles. The van der Waals surface area contributed by atoms with Gasteiger partial charge in [0.1, 0.15) is 0 Å². The predicted molar refractivity (Wildman–Crippen MR) is 168 cm³/mol. The molecule has 0 radical (unpaired) electrons. The number of hydroxylamine groups is 1. The number of ether oxygens (including phenoxy) is 3. The molecular weight excluding hydrogens is 574 g/mol. The van der Waals surface area contributed by atoms with Crippen molar-refractivity contribution in [1.29, 1.82) is 0 Å². The van der Waals surface area contributed by atoms with E-state index in [0.29, 0.717) is 25.8 Å². The third-order valence-electron chi connectivity index (χ3n) is 8.27. The SMILES string of the molecule is O=C(CCCCC(=O)NCc1cccc(-c2cccc([C@H]3O[C@@H](CN4CCOCC4)C[C@@H](c4ccc(CO)cc4)O3)c2)c1)NO. The second-order valence-corrected chi connectivity index (χ2v) is 11.6. The largest absolute Gasteiger partial charge is 0.392 e. The fourth-order valence-corrected chi connectivity index (χ4v) is 5.75.